The van der Waals surface area contributed by atoms with Gasteiger partial charge in [0, 0.05) is 11.7 Å². The highest BCUT2D eigenvalue weighted by molar-refractivity contribution is 5.67. The van der Waals surface area contributed by atoms with E-state index in [1.165, 1.54) is 68.3 Å². The van der Waals surface area contributed by atoms with Crippen LogP contribution in [-0.2, 0) is 0 Å². The predicted molar refractivity (Wildman–Crippen MR) is 116 cm³/mol. The summed E-state index contributed by atoms with van der Waals surface area (Å²) in [5, 5.41) is 0. The number of methoxy groups -OCH3 is 1. The summed E-state index contributed by atoms with van der Waals surface area (Å²) in [6.45, 7) is 2.49. The van der Waals surface area contributed by atoms with Gasteiger partial charge in [0.05, 0.1) is 7.11 Å². The summed E-state index contributed by atoms with van der Waals surface area (Å²) in [4.78, 5) is 2.82. The lowest BCUT2D eigenvalue weighted by atomic mass is 9.85. The third-order valence-corrected chi connectivity index (χ3v) is 7.61. The van der Waals surface area contributed by atoms with Crippen LogP contribution in [0.5, 0.6) is 5.75 Å². The van der Waals surface area contributed by atoms with Crippen LogP contribution in [0.4, 0.5) is 5.69 Å². The molecule has 2 aromatic rings. The second-order valence-corrected chi connectivity index (χ2v) is 9.13. The minimum Gasteiger partial charge on any atom is -0.496 e. The molecule has 1 aliphatic heterocycles. The van der Waals surface area contributed by atoms with Crippen molar-refractivity contribution < 1.29 is 4.74 Å². The minimum atomic E-state index is 0.596. The Morgan fingerprint density at radius 1 is 0.893 bits per heavy atom. The Bertz CT molecular complexity index is 823. The van der Waals surface area contributed by atoms with Gasteiger partial charge in [-0.1, -0.05) is 24.6 Å². The van der Waals surface area contributed by atoms with Crippen LogP contribution in [0.15, 0.2) is 42.5 Å². The normalized spacial score (nSPS) is 28.0. The van der Waals surface area contributed by atoms with Gasteiger partial charge in [0.15, 0.2) is 0 Å². The smallest absolute Gasteiger partial charge is 0.122 e. The molecular formula is C25H32N2O. The van der Waals surface area contributed by atoms with Crippen LogP contribution in [0.2, 0.25) is 0 Å². The van der Waals surface area contributed by atoms with Gasteiger partial charge >= 0.3 is 0 Å². The third kappa shape index (κ3) is 3.30. The summed E-state index contributed by atoms with van der Waals surface area (Å²) < 4.78 is 5.74. The maximum absolute atomic E-state index is 5.86. The van der Waals surface area contributed by atoms with Crippen molar-refractivity contribution in [1.29, 1.82) is 0 Å². The summed E-state index contributed by atoms with van der Waals surface area (Å²) in [5.74, 6) is 3.66. The lowest BCUT2D eigenvalue weighted by Gasteiger charge is -2.40. The lowest BCUT2D eigenvalue weighted by molar-refractivity contribution is 0.110. The Hall–Kier alpha value is -2.00. The summed E-state index contributed by atoms with van der Waals surface area (Å²) in [7, 11) is 1.80. The molecule has 2 aromatic carbocycles. The Labute approximate surface area is 168 Å². The first-order chi connectivity index (χ1) is 13.7. The fourth-order valence-corrected chi connectivity index (χ4v) is 6.11. The van der Waals surface area contributed by atoms with Crippen molar-refractivity contribution >= 4 is 5.69 Å². The van der Waals surface area contributed by atoms with Crippen LogP contribution in [0, 0.1) is 11.8 Å². The molecule has 0 radical (unpaired) electrons. The van der Waals surface area contributed by atoms with Crippen LogP contribution in [-0.4, -0.2) is 31.1 Å². The fraction of sp³-hybridized carbons (Fsp3) is 0.520. The lowest BCUT2D eigenvalue weighted by Crippen LogP contribution is -2.43. The van der Waals surface area contributed by atoms with Gasteiger partial charge in [-0.2, -0.15) is 0 Å². The van der Waals surface area contributed by atoms with Gasteiger partial charge < -0.3 is 15.4 Å². The molecule has 3 aliphatic rings. The van der Waals surface area contributed by atoms with Crippen LogP contribution in [0.25, 0.3) is 11.1 Å². The quantitative estimate of drug-likeness (QED) is 0.735. The van der Waals surface area contributed by atoms with Gasteiger partial charge in [-0.15, -0.1) is 0 Å². The van der Waals surface area contributed by atoms with E-state index >= 15 is 0 Å². The number of hydrogen-bond donors (Lipinski definition) is 1. The van der Waals surface area contributed by atoms with E-state index in [9.17, 15) is 0 Å². The van der Waals surface area contributed by atoms with Gasteiger partial charge in [-0.25, -0.2) is 0 Å². The van der Waals surface area contributed by atoms with E-state index in [1.54, 1.807) is 7.11 Å². The van der Waals surface area contributed by atoms with E-state index < -0.39 is 0 Å². The van der Waals surface area contributed by atoms with E-state index in [0.29, 0.717) is 5.92 Å². The standard InChI is InChI=1S/C25H32N2O/c1-28-25-9-6-20(18-4-7-22(26)8-5-18)16-23(25)19-10-12-27(13-11-19)24-15-17-2-3-21(24)14-17/h4-9,16-17,19,21,24H,2-3,10-15,26H2,1H3/t17-,21-,24-/m0/s1. The van der Waals surface area contributed by atoms with Crippen LogP contribution < -0.4 is 10.5 Å². The molecule has 3 nitrogen and oxygen atoms in total. The average molecular weight is 377 g/mol. The number of nitrogens with two attached hydrogens (primary N) is 1. The Morgan fingerprint density at radius 2 is 1.64 bits per heavy atom. The van der Waals surface area contributed by atoms with Gasteiger partial charge in [-0.05, 0) is 104 Å². The maximum atomic E-state index is 5.86. The van der Waals surface area contributed by atoms with E-state index in [2.05, 4.69) is 35.2 Å². The second kappa shape index (κ2) is 7.44. The average Bonchev–Trinajstić information content (AvgIpc) is 3.38. The molecular weight excluding hydrogens is 344 g/mol. The Morgan fingerprint density at radius 3 is 2.29 bits per heavy atom. The molecule has 3 fully saturated rings. The molecule has 3 atom stereocenters. The molecule has 2 bridgehead atoms. The molecule has 0 unspecified atom stereocenters. The third-order valence-electron chi connectivity index (χ3n) is 7.61. The van der Waals surface area contributed by atoms with Crippen molar-refractivity contribution in [3.63, 3.8) is 0 Å². The number of hydrogen-bond acceptors (Lipinski definition) is 3. The summed E-state index contributed by atoms with van der Waals surface area (Å²) in [5.41, 5.74) is 10.5. The van der Waals surface area contributed by atoms with E-state index in [4.69, 9.17) is 10.5 Å². The number of anilines is 1. The molecule has 3 heteroatoms. The summed E-state index contributed by atoms with van der Waals surface area (Å²) >= 11 is 0. The van der Waals surface area contributed by atoms with Crippen molar-refractivity contribution in [3.8, 4) is 16.9 Å². The summed E-state index contributed by atoms with van der Waals surface area (Å²) in [6, 6.07) is 15.7. The zero-order valence-electron chi connectivity index (χ0n) is 16.9. The molecule has 28 heavy (non-hydrogen) atoms. The van der Waals surface area contributed by atoms with Crippen molar-refractivity contribution in [2.75, 3.05) is 25.9 Å². The SMILES string of the molecule is COc1ccc(-c2ccc(N)cc2)cc1C1CCN([C@H]2C[C@H]3CC[C@H]2C3)CC1. The molecule has 1 heterocycles. The van der Waals surface area contributed by atoms with Crippen molar-refractivity contribution in [2.24, 2.45) is 11.8 Å². The first-order valence-electron chi connectivity index (χ1n) is 11.0. The number of nitrogen functional groups attached to an aromatic ring is 1. The van der Waals surface area contributed by atoms with Crippen LogP contribution >= 0.6 is 0 Å². The number of fused-ring (bicyclic) bond motifs is 2. The van der Waals surface area contributed by atoms with E-state index in [1.807, 2.05) is 12.1 Å². The van der Waals surface area contributed by atoms with Gasteiger partial charge in [0.25, 0.3) is 0 Å². The van der Waals surface area contributed by atoms with E-state index in [0.717, 1.165) is 29.3 Å². The Balaban J connectivity index is 1.33. The highest BCUT2D eigenvalue weighted by Gasteiger charge is 2.43. The molecule has 0 amide bonds. The molecule has 5 rings (SSSR count). The zero-order chi connectivity index (χ0) is 19.1. The van der Waals surface area contributed by atoms with Gasteiger partial charge in [0.2, 0.25) is 0 Å². The minimum absolute atomic E-state index is 0.596. The molecule has 2 aliphatic carbocycles. The van der Waals surface area contributed by atoms with E-state index in [-0.39, 0.29) is 0 Å². The first kappa shape index (κ1) is 18.1. The molecule has 148 valence electrons. The number of likely N-dealkylation sites (tertiary alicyclic amines) is 1. The van der Waals surface area contributed by atoms with Gasteiger partial charge in [0.1, 0.15) is 5.75 Å². The van der Waals surface area contributed by atoms with Crippen molar-refractivity contribution in [1.82, 2.24) is 4.90 Å². The fourth-order valence-electron chi connectivity index (χ4n) is 6.11. The Kier molecular flexibility index (Phi) is 4.80. The topological polar surface area (TPSA) is 38.5 Å². The number of benzene rings is 2. The molecule has 0 spiro atoms. The highest BCUT2D eigenvalue weighted by Crippen LogP contribution is 2.48. The number of ether oxygens (including phenoxy) is 1. The monoisotopic (exact) mass is 376 g/mol. The maximum Gasteiger partial charge on any atom is 0.122 e. The van der Waals surface area contributed by atoms with Crippen molar-refractivity contribution in [2.45, 2.75) is 50.5 Å². The predicted octanol–water partition coefficient (Wildman–Crippen LogP) is 5.31. The largest absolute Gasteiger partial charge is 0.496 e. The second-order valence-electron chi connectivity index (χ2n) is 9.13. The number of nitrogens with zero attached hydrogens (tertiary/aromatic N) is 1. The molecule has 0 aromatic heterocycles. The summed E-state index contributed by atoms with van der Waals surface area (Å²) in [6.07, 6.45) is 8.43. The number of piperidine rings is 1. The van der Waals surface area contributed by atoms with Gasteiger partial charge in [-0.3, -0.25) is 0 Å². The first-order valence-corrected chi connectivity index (χ1v) is 11.0. The van der Waals surface area contributed by atoms with Crippen LogP contribution in [0.1, 0.15) is 50.0 Å². The molecule has 1 saturated heterocycles. The molecule has 2 saturated carbocycles. The molecule has 2 N–H and O–H groups in total. The van der Waals surface area contributed by atoms with Crippen molar-refractivity contribution in [3.05, 3.63) is 48.0 Å². The zero-order valence-corrected chi connectivity index (χ0v) is 16.9. The number of rotatable bonds is 4. The highest BCUT2D eigenvalue weighted by atomic mass is 16.5. The van der Waals surface area contributed by atoms with Crippen LogP contribution in [0.3, 0.4) is 0 Å².